The largest absolute Gasteiger partial charge is 0.357 e. The van der Waals surface area contributed by atoms with E-state index in [4.69, 9.17) is 0 Å². The highest BCUT2D eigenvalue weighted by molar-refractivity contribution is 5.85. The summed E-state index contributed by atoms with van der Waals surface area (Å²) >= 11 is 0. The van der Waals surface area contributed by atoms with Crippen molar-refractivity contribution in [2.45, 2.75) is 52.5 Å². The normalized spacial score (nSPS) is 24.6. The molecule has 116 valence electrons. The number of hydrogen-bond acceptors (Lipinski definition) is 1. The quantitative estimate of drug-likeness (QED) is 0.721. The summed E-state index contributed by atoms with van der Waals surface area (Å²) in [6, 6.07) is 9.12. The molecule has 2 heterocycles. The van der Waals surface area contributed by atoms with Gasteiger partial charge in [-0.1, -0.05) is 37.6 Å². The second kappa shape index (κ2) is 4.99. The summed E-state index contributed by atoms with van der Waals surface area (Å²) in [5, 5.41) is 5.22. The Bertz CT molecular complexity index is 748. The van der Waals surface area contributed by atoms with E-state index in [-0.39, 0.29) is 0 Å². The maximum Gasteiger partial charge on any atom is 0.0699 e. The van der Waals surface area contributed by atoms with E-state index >= 15 is 0 Å². The van der Waals surface area contributed by atoms with Crippen LogP contribution < -0.4 is 5.32 Å². The van der Waals surface area contributed by atoms with Gasteiger partial charge in [-0.05, 0) is 55.2 Å². The molecular formula is C20H26N2. The summed E-state index contributed by atoms with van der Waals surface area (Å²) in [5.41, 5.74) is 7.75. The third kappa shape index (κ3) is 2.04. The van der Waals surface area contributed by atoms with Gasteiger partial charge in [-0.3, -0.25) is 0 Å². The molecule has 2 N–H and O–H groups in total. The van der Waals surface area contributed by atoms with Gasteiger partial charge in [0, 0.05) is 23.1 Å². The molecule has 2 heteroatoms. The molecule has 2 aliphatic rings. The monoisotopic (exact) mass is 294 g/mol. The molecule has 22 heavy (non-hydrogen) atoms. The van der Waals surface area contributed by atoms with E-state index in [9.17, 15) is 0 Å². The van der Waals surface area contributed by atoms with Crippen LogP contribution in [0.2, 0.25) is 0 Å². The van der Waals surface area contributed by atoms with Crippen LogP contribution in [0.25, 0.3) is 10.9 Å². The lowest BCUT2D eigenvalue weighted by atomic mass is 9.68. The second-order valence-electron chi connectivity index (χ2n) is 7.63. The van der Waals surface area contributed by atoms with E-state index in [1.54, 1.807) is 11.1 Å². The molecule has 1 unspecified atom stereocenters. The summed E-state index contributed by atoms with van der Waals surface area (Å²) in [7, 11) is 0. The maximum atomic E-state index is 3.80. The predicted molar refractivity (Wildman–Crippen MR) is 93.1 cm³/mol. The van der Waals surface area contributed by atoms with Crippen LogP contribution in [0.3, 0.4) is 0 Å². The van der Waals surface area contributed by atoms with Crippen molar-refractivity contribution in [3.05, 3.63) is 46.7 Å². The van der Waals surface area contributed by atoms with E-state index < -0.39 is 0 Å². The van der Waals surface area contributed by atoms with Crippen LogP contribution in [0, 0.1) is 5.41 Å². The third-order valence-corrected chi connectivity index (χ3v) is 5.69. The van der Waals surface area contributed by atoms with E-state index in [1.807, 2.05) is 0 Å². The lowest BCUT2D eigenvalue weighted by molar-refractivity contribution is 0.324. The molecule has 4 rings (SSSR count). The van der Waals surface area contributed by atoms with Crippen molar-refractivity contribution in [1.29, 1.82) is 0 Å². The summed E-state index contributed by atoms with van der Waals surface area (Å²) in [6.45, 7) is 8.26. The zero-order valence-electron chi connectivity index (χ0n) is 13.9. The van der Waals surface area contributed by atoms with E-state index in [0.717, 1.165) is 13.0 Å². The van der Waals surface area contributed by atoms with E-state index in [0.29, 0.717) is 11.5 Å². The topological polar surface area (TPSA) is 27.8 Å². The van der Waals surface area contributed by atoms with Gasteiger partial charge in [-0.25, -0.2) is 0 Å². The SMILES string of the molecule is CC1=C(C2NCCc3c2[nH]c2ccccc32)C(C)(C)CCC1. The van der Waals surface area contributed by atoms with E-state index in [2.05, 4.69) is 55.3 Å². The van der Waals surface area contributed by atoms with Crippen LogP contribution in [0.4, 0.5) is 0 Å². The molecule has 1 aromatic heterocycles. The Morgan fingerprint density at radius 2 is 1.95 bits per heavy atom. The fourth-order valence-electron chi connectivity index (χ4n) is 4.71. The molecule has 0 radical (unpaired) electrons. The number of nitrogens with one attached hydrogen (secondary N) is 2. The molecule has 2 nitrogen and oxygen atoms in total. The van der Waals surface area contributed by atoms with Gasteiger partial charge in [-0.15, -0.1) is 0 Å². The van der Waals surface area contributed by atoms with Crippen LogP contribution >= 0.6 is 0 Å². The number of fused-ring (bicyclic) bond motifs is 3. The summed E-state index contributed by atoms with van der Waals surface area (Å²) in [4.78, 5) is 3.73. The van der Waals surface area contributed by atoms with Gasteiger partial charge in [0.1, 0.15) is 0 Å². The molecule has 0 bridgehead atoms. The van der Waals surface area contributed by atoms with Crippen molar-refractivity contribution in [3.63, 3.8) is 0 Å². The highest BCUT2D eigenvalue weighted by Crippen LogP contribution is 2.47. The van der Waals surface area contributed by atoms with Gasteiger partial charge >= 0.3 is 0 Å². The Morgan fingerprint density at radius 3 is 2.77 bits per heavy atom. The van der Waals surface area contributed by atoms with Gasteiger partial charge in [0.2, 0.25) is 0 Å². The van der Waals surface area contributed by atoms with Crippen molar-refractivity contribution in [2.24, 2.45) is 5.41 Å². The lowest BCUT2D eigenvalue weighted by Crippen LogP contribution is -2.37. The smallest absolute Gasteiger partial charge is 0.0699 e. The van der Waals surface area contributed by atoms with Crippen LogP contribution in [0.15, 0.2) is 35.4 Å². The van der Waals surface area contributed by atoms with Crippen molar-refractivity contribution in [2.75, 3.05) is 6.54 Å². The first kappa shape index (κ1) is 14.1. The number of benzene rings is 1. The molecule has 1 aliphatic carbocycles. The minimum absolute atomic E-state index is 0.298. The van der Waals surface area contributed by atoms with Crippen LogP contribution in [-0.4, -0.2) is 11.5 Å². The van der Waals surface area contributed by atoms with Crippen molar-refractivity contribution in [3.8, 4) is 0 Å². The van der Waals surface area contributed by atoms with Crippen LogP contribution in [0.5, 0.6) is 0 Å². The molecule has 0 saturated heterocycles. The molecule has 0 spiro atoms. The molecule has 0 amide bonds. The molecule has 0 saturated carbocycles. The molecule has 1 aromatic carbocycles. The van der Waals surface area contributed by atoms with Gasteiger partial charge in [0.05, 0.1) is 6.04 Å². The molecule has 1 aliphatic heterocycles. The Morgan fingerprint density at radius 1 is 1.14 bits per heavy atom. The Hall–Kier alpha value is -1.54. The van der Waals surface area contributed by atoms with Crippen molar-refractivity contribution >= 4 is 10.9 Å². The summed E-state index contributed by atoms with van der Waals surface area (Å²) < 4.78 is 0. The zero-order valence-corrected chi connectivity index (χ0v) is 13.9. The fraction of sp³-hybridized carbons (Fsp3) is 0.500. The minimum Gasteiger partial charge on any atom is -0.357 e. The second-order valence-corrected chi connectivity index (χ2v) is 7.63. The standard InChI is InChI=1S/C20H26N2/c1-13-7-6-11-20(2,3)17(13)19-18-15(10-12-21-19)14-8-4-5-9-16(14)22-18/h4-5,8-9,19,21-22H,6-7,10-12H2,1-3H3. The number of allylic oxidation sites excluding steroid dienone is 1. The highest BCUT2D eigenvalue weighted by atomic mass is 15.0. The zero-order chi connectivity index (χ0) is 15.3. The average molecular weight is 294 g/mol. The van der Waals surface area contributed by atoms with Gasteiger partial charge < -0.3 is 10.3 Å². The number of H-pyrrole nitrogens is 1. The highest BCUT2D eigenvalue weighted by Gasteiger charge is 2.37. The number of aromatic amines is 1. The lowest BCUT2D eigenvalue weighted by Gasteiger charge is -2.40. The maximum absolute atomic E-state index is 3.80. The average Bonchev–Trinajstić information content (AvgIpc) is 2.86. The summed E-state index contributed by atoms with van der Waals surface area (Å²) in [6.07, 6.45) is 5.01. The number of para-hydroxylation sites is 1. The Balaban J connectivity index is 1.89. The van der Waals surface area contributed by atoms with Gasteiger partial charge in [0.25, 0.3) is 0 Å². The van der Waals surface area contributed by atoms with Crippen LogP contribution in [-0.2, 0) is 6.42 Å². The van der Waals surface area contributed by atoms with Gasteiger partial charge in [-0.2, -0.15) is 0 Å². The Labute approximate surface area is 133 Å². The third-order valence-electron chi connectivity index (χ3n) is 5.69. The number of rotatable bonds is 1. The van der Waals surface area contributed by atoms with E-state index in [1.165, 1.54) is 41.4 Å². The first-order valence-electron chi connectivity index (χ1n) is 8.61. The van der Waals surface area contributed by atoms with Gasteiger partial charge in [0.15, 0.2) is 0 Å². The van der Waals surface area contributed by atoms with Crippen molar-refractivity contribution in [1.82, 2.24) is 10.3 Å². The van der Waals surface area contributed by atoms with Crippen molar-refractivity contribution < 1.29 is 0 Å². The summed E-state index contributed by atoms with van der Waals surface area (Å²) in [5.74, 6) is 0. The minimum atomic E-state index is 0.298. The predicted octanol–water partition coefficient (Wildman–Crippen LogP) is 4.88. The molecule has 2 aromatic rings. The molecular weight excluding hydrogens is 268 g/mol. The number of aromatic nitrogens is 1. The molecule has 1 atom stereocenters. The fourth-order valence-corrected chi connectivity index (χ4v) is 4.71. The first-order chi connectivity index (χ1) is 10.6. The Kier molecular flexibility index (Phi) is 3.19. The molecule has 0 fully saturated rings. The van der Waals surface area contributed by atoms with Crippen LogP contribution in [0.1, 0.15) is 57.3 Å². The number of hydrogen-bond donors (Lipinski definition) is 2. The first-order valence-corrected chi connectivity index (χ1v) is 8.61.